The van der Waals surface area contributed by atoms with E-state index in [4.69, 9.17) is 0 Å². The molecule has 0 spiro atoms. The highest BCUT2D eigenvalue weighted by molar-refractivity contribution is 8.01. The van der Waals surface area contributed by atoms with Gasteiger partial charge in [0.1, 0.15) is 0 Å². The van der Waals surface area contributed by atoms with E-state index in [1.807, 2.05) is 18.7 Å². The van der Waals surface area contributed by atoms with E-state index in [0.717, 1.165) is 0 Å². The first-order valence-corrected chi connectivity index (χ1v) is 4.76. The fraction of sp³-hybridized carbons (Fsp3) is 0.875. The minimum atomic E-state index is 0.187. The number of carbonyl (C=O) groups is 1. The summed E-state index contributed by atoms with van der Waals surface area (Å²) in [6.45, 7) is 8.46. The molecule has 2 nitrogen and oxygen atoms in total. The molecule has 0 aliphatic carbocycles. The average molecular weight is 173 g/mol. The molecular weight excluding hydrogens is 158 g/mol. The molecule has 1 heterocycles. The van der Waals surface area contributed by atoms with Gasteiger partial charge in [-0.1, -0.05) is 27.7 Å². The normalized spacial score (nSPS) is 31.1. The van der Waals surface area contributed by atoms with Crippen molar-refractivity contribution >= 4 is 17.7 Å². The summed E-state index contributed by atoms with van der Waals surface area (Å²) < 4.78 is 0.243. The van der Waals surface area contributed by atoms with E-state index in [-0.39, 0.29) is 16.6 Å². The number of hydrogen-bond donors (Lipinski definition) is 1. The van der Waals surface area contributed by atoms with Crippen LogP contribution in [0.2, 0.25) is 0 Å². The Balaban J connectivity index is 2.36. The summed E-state index contributed by atoms with van der Waals surface area (Å²) in [7, 11) is 0. The van der Waals surface area contributed by atoms with E-state index in [9.17, 15) is 4.79 Å². The van der Waals surface area contributed by atoms with Crippen LogP contribution in [-0.4, -0.2) is 16.0 Å². The standard InChI is InChI=1S/C8H15NOS/c1-5-6(10)9-7(5)11-8(2,3)4/h5,7H,1-4H3,(H,9,10)/t5-,7+/m1/s1. The molecule has 1 N–H and O–H groups in total. The molecule has 0 aromatic rings. The van der Waals surface area contributed by atoms with Crippen molar-refractivity contribution < 1.29 is 4.79 Å². The lowest BCUT2D eigenvalue weighted by atomic mass is 10.1. The lowest BCUT2D eigenvalue weighted by Gasteiger charge is -2.37. The zero-order chi connectivity index (χ0) is 8.65. The van der Waals surface area contributed by atoms with Crippen LogP contribution in [-0.2, 0) is 4.79 Å². The third kappa shape index (κ3) is 2.12. The smallest absolute Gasteiger partial charge is 0.226 e. The van der Waals surface area contributed by atoms with Gasteiger partial charge in [-0.05, 0) is 0 Å². The minimum Gasteiger partial charge on any atom is -0.343 e. The summed E-state index contributed by atoms with van der Waals surface area (Å²) in [6, 6.07) is 0. The van der Waals surface area contributed by atoms with Crippen molar-refractivity contribution in [1.29, 1.82) is 0 Å². The molecule has 11 heavy (non-hydrogen) atoms. The number of hydrogen-bond acceptors (Lipinski definition) is 2. The Morgan fingerprint density at radius 2 is 2.00 bits per heavy atom. The second-order valence-electron chi connectivity index (χ2n) is 3.95. The summed E-state index contributed by atoms with van der Waals surface area (Å²) >= 11 is 1.82. The molecule has 64 valence electrons. The Kier molecular flexibility index (Phi) is 2.19. The molecule has 3 heteroatoms. The first-order valence-electron chi connectivity index (χ1n) is 3.88. The topological polar surface area (TPSA) is 29.1 Å². The third-order valence-electron chi connectivity index (χ3n) is 1.63. The molecule has 1 amide bonds. The van der Waals surface area contributed by atoms with Gasteiger partial charge in [-0.2, -0.15) is 0 Å². The number of β-lactam (4-membered cyclic amide) rings is 1. The molecule has 0 radical (unpaired) electrons. The molecule has 0 aromatic carbocycles. The van der Waals surface area contributed by atoms with Gasteiger partial charge in [0.15, 0.2) is 0 Å². The second kappa shape index (κ2) is 2.70. The fourth-order valence-corrected chi connectivity index (χ4v) is 2.21. The predicted molar refractivity (Wildman–Crippen MR) is 48.4 cm³/mol. The molecule has 0 bridgehead atoms. The Labute approximate surface area is 72.1 Å². The highest BCUT2D eigenvalue weighted by Gasteiger charge is 2.37. The van der Waals surface area contributed by atoms with Crippen molar-refractivity contribution in [2.75, 3.05) is 0 Å². The van der Waals surface area contributed by atoms with Crippen molar-refractivity contribution in [3.05, 3.63) is 0 Å². The van der Waals surface area contributed by atoms with Crippen molar-refractivity contribution in [3.63, 3.8) is 0 Å². The average Bonchev–Trinajstić information content (AvgIpc) is 1.84. The number of thioether (sulfide) groups is 1. The largest absolute Gasteiger partial charge is 0.343 e. The van der Waals surface area contributed by atoms with Crippen LogP contribution in [0.25, 0.3) is 0 Å². The van der Waals surface area contributed by atoms with Gasteiger partial charge >= 0.3 is 0 Å². The minimum absolute atomic E-state index is 0.187. The number of nitrogens with one attached hydrogen (secondary N) is 1. The monoisotopic (exact) mass is 173 g/mol. The molecule has 1 saturated heterocycles. The van der Waals surface area contributed by atoms with Crippen LogP contribution in [0.15, 0.2) is 0 Å². The molecule has 2 atom stereocenters. The van der Waals surface area contributed by atoms with E-state index in [1.165, 1.54) is 0 Å². The molecule has 0 saturated carbocycles. The van der Waals surface area contributed by atoms with Crippen LogP contribution in [0.3, 0.4) is 0 Å². The quantitative estimate of drug-likeness (QED) is 0.610. The highest BCUT2D eigenvalue weighted by atomic mass is 32.2. The molecule has 0 aromatic heterocycles. The summed E-state index contributed by atoms with van der Waals surface area (Å²) in [4.78, 5) is 10.8. The van der Waals surface area contributed by atoms with Crippen LogP contribution in [0.5, 0.6) is 0 Å². The van der Waals surface area contributed by atoms with Crippen molar-refractivity contribution in [2.24, 2.45) is 5.92 Å². The lowest BCUT2D eigenvalue weighted by molar-refractivity contribution is -0.131. The fourth-order valence-electron chi connectivity index (χ4n) is 0.950. The van der Waals surface area contributed by atoms with Gasteiger partial charge in [-0.3, -0.25) is 4.79 Å². The highest BCUT2D eigenvalue weighted by Crippen LogP contribution is 2.34. The van der Waals surface area contributed by atoms with Gasteiger partial charge in [-0.25, -0.2) is 0 Å². The lowest BCUT2D eigenvalue weighted by Crippen LogP contribution is -2.55. The van der Waals surface area contributed by atoms with Crippen LogP contribution in [0, 0.1) is 5.92 Å². The van der Waals surface area contributed by atoms with Gasteiger partial charge in [0.05, 0.1) is 11.3 Å². The summed E-state index contributed by atoms with van der Waals surface area (Å²) in [5.41, 5.74) is 0. The molecule has 0 unspecified atom stereocenters. The Morgan fingerprint density at radius 1 is 1.45 bits per heavy atom. The maximum Gasteiger partial charge on any atom is 0.226 e. The van der Waals surface area contributed by atoms with Crippen LogP contribution >= 0.6 is 11.8 Å². The van der Waals surface area contributed by atoms with E-state index in [2.05, 4.69) is 26.1 Å². The van der Waals surface area contributed by atoms with Crippen molar-refractivity contribution in [2.45, 2.75) is 37.8 Å². The first-order chi connectivity index (χ1) is 4.90. The van der Waals surface area contributed by atoms with Gasteiger partial charge in [-0.15, -0.1) is 11.8 Å². The third-order valence-corrected chi connectivity index (χ3v) is 3.12. The maximum atomic E-state index is 10.8. The SMILES string of the molecule is C[C@@H]1C(=O)N[C@H]1SC(C)(C)C. The van der Waals surface area contributed by atoms with Gasteiger partial charge < -0.3 is 5.32 Å². The van der Waals surface area contributed by atoms with E-state index in [1.54, 1.807) is 0 Å². The summed E-state index contributed by atoms with van der Waals surface area (Å²) in [5.74, 6) is 0.381. The van der Waals surface area contributed by atoms with Crippen molar-refractivity contribution in [3.8, 4) is 0 Å². The maximum absolute atomic E-state index is 10.8. The van der Waals surface area contributed by atoms with Crippen LogP contribution in [0.1, 0.15) is 27.7 Å². The van der Waals surface area contributed by atoms with E-state index in [0.29, 0.717) is 5.37 Å². The van der Waals surface area contributed by atoms with Crippen molar-refractivity contribution in [1.82, 2.24) is 5.32 Å². The number of rotatable bonds is 1. The second-order valence-corrected chi connectivity index (χ2v) is 5.92. The zero-order valence-electron chi connectivity index (χ0n) is 7.47. The van der Waals surface area contributed by atoms with Gasteiger partial charge in [0, 0.05) is 4.75 Å². The van der Waals surface area contributed by atoms with Gasteiger partial charge in [0.25, 0.3) is 0 Å². The van der Waals surface area contributed by atoms with E-state index >= 15 is 0 Å². The summed E-state index contributed by atoms with van der Waals surface area (Å²) in [6.07, 6.45) is 0. The molecule has 1 rings (SSSR count). The molecule has 1 aliphatic heterocycles. The molecule has 1 fully saturated rings. The van der Waals surface area contributed by atoms with Gasteiger partial charge in [0.2, 0.25) is 5.91 Å². The van der Waals surface area contributed by atoms with Crippen LogP contribution in [0.4, 0.5) is 0 Å². The Hall–Kier alpha value is -0.180. The predicted octanol–water partition coefficient (Wildman–Crippen LogP) is 1.61. The summed E-state index contributed by atoms with van der Waals surface area (Å²) in [5, 5.41) is 3.21. The van der Waals surface area contributed by atoms with Crippen LogP contribution < -0.4 is 5.32 Å². The van der Waals surface area contributed by atoms with E-state index < -0.39 is 0 Å². The number of amides is 1. The zero-order valence-corrected chi connectivity index (χ0v) is 8.29. The molecular formula is C8H15NOS. The Bertz CT molecular complexity index is 173. The Morgan fingerprint density at radius 3 is 2.27 bits per heavy atom. The number of carbonyl (C=O) groups excluding carboxylic acids is 1. The molecule has 1 aliphatic rings. The first kappa shape index (κ1) is 8.91.